The Morgan fingerprint density at radius 1 is 1.37 bits per heavy atom. The molecule has 1 aromatic carbocycles. The second-order valence-electron chi connectivity index (χ2n) is 5.98. The molecule has 1 saturated carbocycles. The maximum Gasteiger partial charge on any atom is 0.119 e. The number of methoxy groups -OCH3 is 1. The molecule has 2 rings (SSSR count). The number of nitrogens with zero attached hydrogens (tertiary/aromatic N) is 1. The molecule has 0 bridgehead atoms. The largest absolute Gasteiger partial charge is 0.497 e. The highest BCUT2D eigenvalue weighted by atomic mass is 31.0. The molecule has 3 unspecified atom stereocenters. The molecule has 0 radical (unpaired) electrons. The van der Waals surface area contributed by atoms with Gasteiger partial charge in [-0.05, 0) is 50.6 Å². The van der Waals surface area contributed by atoms with Gasteiger partial charge in [0.15, 0.2) is 0 Å². The van der Waals surface area contributed by atoms with Crippen LogP contribution in [0.2, 0.25) is 0 Å². The van der Waals surface area contributed by atoms with E-state index in [2.05, 4.69) is 46.4 Å². The van der Waals surface area contributed by atoms with E-state index in [-0.39, 0.29) is 5.16 Å². The summed E-state index contributed by atoms with van der Waals surface area (Å²) >= 11 is 0. The highest BCUT2D eigenvalue weighted by Gasteiger charge is 2.38. The van der Waals surface area contributed by atoms with Crippen molar-refractivity contribution in [2.45, 2.75) is 30.8 Å². The zero-order valence-corrected chi connectivity index (χ0v) is 13.5. The van der Waals surface area contributed by atoms with E-state index >= 15 is 0 Å². The number of ether oxygens (including phenoxy) is 1. The van der Waals surface area contributed by atoms with Gasteiger partial charge in [0.25, 0.3) is 0 Å². The van der Waals surface area contributed by atoms with Gasteiger partial charge in [0.2, 0.25) is 0 Å². The molecule has 106 valence electrons. The van der Waals surface area contributed by atoms with E-state index in [9.17, 15) is 0 Å². The normalized spacial score (nSPS) is 27.5. The van der Waals surface area contributed by atoms with Crippen LogP contribution in [0, 0.1) is 5.92 Å². The van der Waals surface area contributed by atoms with E-state index in [0.717, 1.165) is 12.3 Å². The highest BCUT2D eigenvalue weighted by Crippen LogP contribution is 2.49. The van der Waals surface area contributed by atoms with Gasteiger partial charge in [-0.1, -0.05) is 25.0 Å². The molecule has 1 aromatic rings. The van der Waals surface area contributed by atoms with E-state index in [1.165, 1.54) is 31.2 Å². The Balaban J connectivity index is 2.30. The van der Waals surface area contributed by atoms with Crippen LogP contribution in [0.25, 0.3) is 0 Å². The standard InChI is InChI=1S/C16H26NOP/c1-17(2)12-14-7-4-5-10-16(14,19)13-8-6-9-15(11-13)18-3/h6,8-9,11,14H,4-5,7,10,12,19H2,1-3H3. The third kappa shape index (κ3) is 3.30. The summed E-state index contributed by atoms with van der Waals surface area (Å²) in [6, 6.07) is 8.60. The first-order chi connectivity index (χ1) is 9.06. The van der Waals surface area contributed by atoms with Crippen molar-refractivity contribution >= 4 is 9.24 Å². The quantitative estimate of drug-likeness (QED) is 0.782. The summed E-state index contributed by atoms with van der Waals surface area (Å²) in [7, 11) is 9.26. The monoisotopic (exact) mass is 279 g/mol. The minimum Gasteiger partial charge on any atom is -0.497 e. The first kappa shape index (κ1) is 14.8. The number of rotatable bonds is 4. The fourth-order valence-electron chi connectivity index (χ4n) is 3.26. The second-order valence-corrected chi connectivity index (χ2v) is 7.01. The van der Waals surface area contributed by atoms with Gasteiger partial charge in [-0.3, -0.25) is 0 Å². The Hall–Kier alpha value is -0.590. The molecule has 1 aliphatic rings. The third-order valence-corrected chi connectivity index (χ3v) is 5.41. The van der Waals surface area contributed by atoms with Gasteiger partial charge in [0.1, 0.15) is 5.75 Å². The lowest BCUT2D eigenvalue weighted by atomic mass is 9.74. The van der Waals surface area contributed by atoms with Gasteiger partial charge in [0, 0.05) is 11.7 Å². The van der Waals surface area contributed by atoms with Gasteiger partial charge in [-0.15, -0.1) is 9.24 Å². The molecule has 0 N–H and O–H groups in total. The average Bonchev–Trinajstić information content (AvgIpc) is 2.41. The molecule has 0 aromatic heterocycles. The molecule has 0 heterocycles. The average molecular weight is 279 g/mol. The van der Waals surface area contributed by atoms with Crippen LogP contribution in [-0.2, 0) is 5.16 Å². The lowest BCUT2D eigenvalue weighted by Gasteiger charge is -2.43. The van der Waals surface area contributed by atoms with Crippen LogP contribution in [0.5, 0.6) is 5.75 Å². The van der Waals surface area contributed by atoms with Crippen molar-refractivity contribution in [2.24, 2.45) is 5.92 Å². The second kappa shape index (κ2) is 6.24. The van der Waals surface area contributed by atoms with Crippen LogP contribution in [-0.4, -0.2) is 32.6 Å². The van der Waals surface area contributed by atoms with Gasteiger partial charge in [-0.2, -0.15) is 0 Å². The molecule has 0 saturated heterocycles. The lowest BCUT2D eigenvalue weighted by molar-refractivity contribution is 0.211. The molecule has 0 amide bonds. The fourth-order valence-corrected chi connectivity index (χ4v) is 3.91. The van der Waals surface area contributed by atoms with Crippen LogP contribution < -0.4 is 4.74 Å². The van der Waals surface area contributed by atoms with Crippen LogP contribution in [0.3, 0.4) is 0 Å². The third-order valence-electron chi connectivity index (χ3n) is 4.31. The van der Waals surface area contributed by atoms with Crippen LogP contribution >= 0.6 is 9.24 Å². The lowest BCUT2D eigenvalue weighted by Crippen LogP contribution is -2.38. The number of benzene rings is 1. The van der Waals surface area contributed by atoms with Gasteiger partial charge in [-0.25, -0.2) is 0 Å². The Morgan fingerprint density at radius 3 is 2.84 bits per heavy atom. The predicted octanol–water partition coefficient (Wildman–Crippen LogP) is 3.52. The molecule has 1 fully saturated rings. The minimum absolute atomic E-state index is 0.205. The molecule has 2 nitrogen and oxygen atoms in total. The Kier molecular flexibility index (Phi) is 4.86. The zero-order chi connectivity index (χ0) is 13.9. The van der Waals surface area contributed by atoms with Crippen LogP contribution in [0.15, 0.2) is 24.3 Å². The number of hydrogen-bond donors (Lipinski definition) is 0. The Morgan fingerprint density at radius 2 is 2.16 bits per heavy atom. The smallest absolute Gasteiger partial charge is 0.119 e. The molecular weight excluding hydrogens is 253 g/mol. The summed E-state index contributed by atoms with van der Waals surface area (Å²) in [4.78, 5) is 2.31. The van der Waals surface area contributed by atoms with Crippen molar-refractivity contribution in [3.63, 3.8) is 0 Å². The van der Waals surface area contributed by atoms with Crippen molar-refractivity contribution < 1.29 is 4.74 Å². The molecule has 19 heavy (non-hydrogen) atoms. The maximum absolute atomic E-state index is 5.39. The Bertz CT molecular complexity index is 421. The number of hydrogen-bond acceptors (Lipinski definition) is 2. The summed E-state index contributed by atoms with van der Waals surface area (Å²) in [5.74, 6) is 1.67. The van der Waals surface area contributed by atoms with Gasteiger partial charge < -0.3 is 9.64 Å². The zero-order valence-electron chi connectivity index (χ0n) is 12.4. The molecule has 1 aliphatic carbocycles. The summed E-state index contributed by atoms with van der Waals surface area (Å²) in [5, 5.41) is 0.205. The SMILES string of the molecule is COc1cccc(C2(P)CCCCC2CN(C)C)c1. The van der Waals surface area contributed by atoms with E-state index < -0.39 is 0 Å². The van der Waals surface area contributed by atoms with E-state index in [1.54, 1.807) is 7.11 Å². The molecule has 0 aliphatic heterocycles. The molecular formula is C16H26NOP. The van der Waals surface area contributed by atoms with Gasteiger partial charge in [0.05, 0.1) is 7.11 Å². The minimum atomic E-state index is 0.205. The Labute approximate surface area is 119 Å². The molecule has 0 spiro atoms. The summed E-state index contributed by atoms with van der Waals surface area (Å²) in [6.07, 6.45) is 5.26. The predicted molar refractivity (Wildman–Crippen MR) is 84.9 cm³/mol. The van der Waals surface area contributed by atoms with E-state index in [0.29, 0.717) is 5.92 Å². The van der Waals surface area contributed by atoms with Crippen LogP contribution in [0.4, 0.5) is 0 Å². The first-order valence-electron chi connectivity index (χ1n) is 7.14. The van der Waals surface area contributed by atoms with Crippen molar-refractivity contribution in [3.05, 3.63) is 29.8 Å². The summed E-state index contributed by atoms with van der Waals surface area (Å²) < 4.78 is 5.39. The first-order valence-corrected chi connectivity index (χ1v) is 7.72. The fraction of sp³-hybridized carbons (Fsp3) is 0.625. The van der Waals surface area contributed by atoms with Gasteiger partial charge >= 0.3 is 0 Å². The highest BCUT2D eigenvalue weighted by molar-refractivity contribution is 7.18. The van der Waals surface area contributed by atoms with E-state index in [4.69, 9.17) is 4.74 Å². The van der Waals surface area contributed by atoms with Crippen molar-refractivity contribution in [3.8, 4) is 5.75 Å². The molecule has 3 heteroatoms. The molecule has 3 atom stereocenters. The summed E-state index contributed by atoms with van der Waals surface area (Å²) in [5.41, 5.74) is 1.41. The topological polar surface area (TPSA) is 12.5 Å². The van der Waals surface area contributed by atoms with Crippen molar-refractivity contribution in [2.75, 3.05) is 27.7 Å². The van der Waals surface area contributed by atoms with E-state index in [1.807, 2.05) is 6.07 Å². The maximum atomic E-state index is 5.39. The van der Waals surface area contributed by atoms with Crippen molar-refractivity contribution in [1.82, 2.24) is 4.90 Å². The van der Waals surface area contributed by atoms with Crippen LogP contribution in [0.1, 0.15) is 31.2 Å². The van der Waals surface area contributed by atoms with Crippen molar-refractivity contribution in [1.29, 1.82) is 0 Å². The summed E-state index contributed by atoms with van der Waals surface area (Å²) in [6.45, 7) is 1.15.